The predicted molar refractivity (Wildman–Crippen MR) is 89.6 cm³/mol. The van der Waals surface area contributed by atoms with Gasteiger partial charge in [0.25, 0.3) is 0 Å². The minimum atomic E-state index is -4.44. The summed E-state index contributed by atoms with van der Waals surface area (Å²) in [6.07, 6.45) is -2.94. The molecular formula is C16H20BClF3NO2. The zero-order valence-electron chi connectivity index (χ0n) is 14.0. The molecule has 2 N–H and O–H groups in total. The van der Waals surface area contributed by atoms with Crippen molar-refractivity contribution in [3.63, 3.8) is 0 Å². The molecule has 0 aromatic heterocycles. The summed E-state index contributed by atoms with van der Waals surface area (Å²) in [7, 11) is -0.731. The van der Waals surface area contributed by atoms with Crippen LogP contribution in [0.3, 0.4) is 0 Å². The maximum absolute atomic E-state index is 12.9. The molecule has 1 heterocycles. The predicted octanol–water partition coefficient (Wildman–Crippen LogP) is 4.33. The second-order valence-electron chi connectivity index (χ2n) is 6.75. The number of hydrogen-bond acceptors (Lipinski definition) is 3. The highest BCUT2D eigenvalue weighted by Gasteiger charge is 2.52. The summed E-state index contributed by atoms with van der Waals surface area (Å²) < 4.78 is 50.4. The monoisotopic (exact) mass is 361 g/mol. The third-order valence-electron chi connectivity index (χ3n) is 4.46. The van der Waals surface area contributed by atoms with Gasteiger partial charge < -0.3 is 15.0 Å². The topological polar surface area (TPSA) is 44.5 Å². The number of hydrogen-bond donors (Lipinski definition) is 1. The lowest BCUT2D eigenvalue weighted by Crippen LogP contribution is -2.41. The molecule has 8 heteroatoms. The molecule has 0 saturated carbocycles. The van der Waals surface area contributed by atoms with E-state index in [9.17, 15) is 13.2 Å². The van der Waals surface area contributed by atoms with Crippen LogP contribution in [0.15, 0.2) is 23.7 Å². The number of nitrogens with two attached hydrogens (primary N) is 1. The van der Waals surface area contributed by atoms with Gasteiger partial charge in [0.05, 0.1) is 16.8 Å². The van der Waals surface area contributed by atoms with Crippen molar-refractivity contribution in [3.8, 4) is 0 Å². The highest BCUT2D eigenvalue weighted by atomic mass is 35.5. The second-order valence-corrected chi connectivity index (χ2v) is 7.15. The Morgan fingerprint density at radius 3 is 2.21 bits per heavy atom. The standard InChI is InChI=1S/C16H20BClF3NO2/c1-14(2)15(3,4)24-17(23-14)12(9-22)8-10-7-11(16(19,20)21)5-6-13(10)18/h5-8H,9,22H2,1-4H3. The lowest BCUT2D eigenvalue weighted by atomic mass is 9.77. The van der Waals surface area contributed by atoms with Crippen molar-refractivity contribution < 1.29 is 22.5 Å². The van der Waals surface area contributed by atoms with Crippen molar-refractivity contribution in [3.05, 3.63) is 39.8 Å². The summed E-state index contributed by atoms with van der Waals surface area (Å²) in [5.74, 6) is 0. The first-order valence-electron chi connectivity index (χ1n) is 7.50. The summed E-state index contributed by atoms with van der Waals surface area (Å²) in [5, 5.41) is 0.200. The van der Waals surface area contributed by atoms with Crippen molar-refractivity contribution in [2.45, 2.75) is 45.1 Å². The van der Waals surface area contributed by atoms with Crippen LogP contribution in [0, 0.1) is 0 Å². The normalized spacial score (nSPS) is 20.5. The molecule has 1 fully saturated rings. The molecule has 0 atom stereocenters. The first-order valence-corrected chi connectivity index (χ1v) is 7.88. The van der Waals surface area contributed by atoms with Gasteiger partial charge in [0.2, 0.25) is 0 Å². The maximum atomic E-state index is 12.9. The van der Waals surface area contributed by atoms with Crippen LogP contribution in [0.5, 0.6) is 0 Å². The summed E-state index contributed by atoms with van der Waals surface area (Å²) in [4.78, 5) is 0. The van der Waals surface area contributed by atoms with Gasteiger partial charge in [0.15, 0.2) is 0 Å². The zero-order valence-corrected chi connectivity index (χ0v) is 14.8. The van der Waals surface area contributed by atoms with E-state index < -0.39 is 30.1 Å². The molecule has 1 saturated heterocycles. The fourth-order valence-corrected chi connectivity index (χ4v) is 2.42. The van der Waals surface area contributed by atoms with Gasteiger partial charge in [0, 0.05) is 11.6 Å². The average Bonchev–Trinajstić information content (AvgIpc) is 2.65. The molecule has 1 aliphatic heterocycles. The molecular weight excluding hydrogens is 341 g/mol. The summed E-state index contributed by atoms with van der Waals surface area (Å²) >= 11 is 6.03. The van der Waals surface area contributed by atoms with E-state index in [1.807, 2.05) is 27.7 Å². The van der Waals surface area contributed by atoms with Crippen LogP contribution < -0.4 is 5.73 Å². The Hall–Kier alpha value is -1.02. The van der Waals surface area contributed by atoms with Crippen LogP contribution in [0.2, 0.25) is 5.02 Å². The Bertz CT molecular complexity index is 643. The Morgan fingerprint density at radius 1 is 1.21 bits per heavy atom. The molecule has 0 bridgehead atoms. The molecule has 1 aromatic carbocycles. The molecule has 0 amide bonds. The van der Waals surface area contributed by atoms with Crippen molar-refractivity contribution >= 4 is 24.8 Å². The molecule has 3 nitrogen and oxygen atoms in total. The van der Waals surface area contributed by atoms with Crippen LogP contribution >= 0.6 is 11.6 Å². The van der Waals surface area contributed by atoms with Crippen molar-refractivity contribution in [2.24, 2.45) is 5.73 Å². The Morgan fingerprint density at radius 2 is 1.75 bits per heavy atom. The number of alkyl halides is 3. The van der Waals surface area contributed by atoms with E-state index in [0.717, 1.165) is 12.1 Å². The van der Waals surface area contributed by atoms with E-state index in [1.165, 1.54) is 12.1 Å². The largest absolute Gasteiger partial charge is 0.491 e. The number of benzene rings is 1. The SMILES string of the molecule is CC1(C)OB(C(=Cc2cc(C(F)(F)F)ccc2Cl)CN)OC1(C)C. The fraction of sp³-hybridized carbons (Fsp3) is 0.500. The molecule has 1 aromatic rings. The van der Waals surface area contributed by atoms with E-state index in [-0.39, 0.29) is 17.1 Å². The van der Waals surface area contributed by atoms with Crippen LogP contribution in [0.25, 0.3) is 6.08 Å². The van der Waals surface area contributed by atoms with Crippen molar-refractivity contribution in [1.82, 2.24) is 0 Å². The molecule has 2 rings (SSSR count). The minimum Gasteiger partial charge on any atom is -0.400 e. The lowest BCUT2D eigenvalue weighted by molar-refractivity contribution is -0.137. The summed E-state index contributed by atoms with van der Waals surface area (Å²) in [5.41, 5.74) is 4.60. The van der Waals surface area contributed by atoms with Gasteiger partial charge in [-0.15, -0.1) is 0 Å². The highest BCUT2D eigenvalue weighted by Crippen LogP contribution is 2.39. The Kier molecular flexibility index (Phi) is 5.13. The van der Waals surface area contributed by atoms with Crippen LogP contribution in [-0.4, -0.2) is 24.9 Å². The average molecular weight is 362 g/mol. The van der Waals surface area contributed by atoms with E-state index >= 15 is 0 Å². The number of halogens is 4. The van der Waals surface area contributed by atoms with E-state index in [2.05, 4.69) is 0 Å². The fourth-order valence-electron chi connectivity index (χ4n) is 2.25. The summed E-state index contributed by atoms with van der Waals surface area (Å²) in [6, 6.07) is 3.15. The third kappa shape index (κ3) is 3.80. The van der Waals surface area contributed by atoms with Crippen molar-refractivity contribution in [1.29, 1.82) is 0 Å². The molecule has 0 radical (unpaired) electrons. The quantitative estimate of drug-likeness (QED) is 0.815. The molecule has 0 spiro atoms. The van der Waals surface area contributed by atoms with Crippen LogP contribution in [0.1, 0.15) is 38.8 Å². The molecule has 1 aliphatic rings. The van der Waals surface area contributed by atoms with Gasteiger partial charge >= 0.3 is 13.3 Å². The van der Waals surface area contributed by atoms with E-state index in [0.29, 0.717) is 5.47 Å². The van der Waals surface area contributed by atoms with E-state index in [1.54, 1.807) is 0 Å². The Labute approximate surface area is 145 Å². The first-order chi connectivity index (χ1) is 10.9. The van der Waals surface area contributed by atoms with Crippen LogP contribution in [0.4, 0.5) is 13.2 Å². The van der Waals surface area contributed by atoms with Gasteiger partial charge in [0.1, 0.15) is 0 Å². The first kappa shape index (κ1) is 19.3. The van der Waals surface area contributed by atoms with Gasteiger partial charge in [-0.25, -0.2) is 0 Å². The lowest BCUT2D eigenvalue weighted by Gasteiger charge is -2.32. The zero-order chi connectivity index (χ0) is 18.3. The molecule has 24 heavy (non-hydrogen) atoms. The minimum absolute atomic E-state index is 0.0728. The number of rotatable bonds is 3. The molecule has 0 unspecified atom stereocenters. The Balaban J connectivity index is 2.39. The van der Waals surface area contributed by atoms with Gasteiger partial charge in [-0.2, -0.15) is 13.2 Å². The summed E-state index contributed by atoms with van der Waals surface area (Å²) in [6.45, 7) is 7.62. The van der Waals surface area contributed by atoms with Gasteiger partial charge in [-0.3, -0.25) is 0 Å². The molecule has 132 valence electrons. The second kappa shape index (κ2) is 6.37. The third-order valence-corrected chi connectivity index (χ3v) is 4.80. The molecule has 0 aliphatic carbocycles. The van der Waals surface area contributed by atoms with Gasteiger partial charge in [-0.1, -0.05) is 17.7 Å². The maximum Gasteiger partial charge on any atom is 0.491 e. The van der Waals surface area contributed by atoms with Crippen LogP contribution in [-0.2, 0) is 15.5 Å². The van der Waals surface area contributed by atoms with Crippen molar-refractivity contribution in [2.75, 3.05) is 6.54 Å². The van der Waals surface area contributed by atoms with Gasteiger partial charge in [-0.05, 0) is 56.9 Å². The smallest absolute Gasteiger partial charge is 0.400 e. The highest BCUT2D eigenvalue weighted by molar-refractivity contribution is 6.56. The van der Waals surface area contributed by atoms with E-state index in [4.69, 9.17) is 26.6 Å².